The summed E-state index contributed by atoms with van der Waals surface area (Å²) in [5.41, 5.74) is -2.03. The van der Waals surface area contributed by atoms with Crippen molar-refractivity contribution in [2.24, 2.45) is 35.0 Å². The van der Waals surface area contributed by atoms with Crippen LogP contribution in [0.25, 0.3) is 0 Å². The third-order valence-corrected chi connectivity index (χ3v) is 10.3. The van der Waals surface area contributed by atoms with E-state index < -0.39 is 70.1 Å². The van der Waals surface area contributed by atoms with E-state index in [4.69, 9.17) is 0 Å². The Kier molecular flexibility index (Phi) is 5.82. The van der Waals surface area contributed by atoms with Crippen molar-refractivity contribution in [1.82, 2.24) is 5.32 Å². The Balaban J connectivity index is 1.47. The highest BCUT2D eigenvalue weighted by Gasteiger charge is 2.82. The largest absolute Gasteiger partial charge is 0.345 e. The summed E-state index contributed by atoms with van der Waals surface area (Å²) < 4.78 is 0. The molecular weight excluding hydrogens is 546 g/mol. The first-order valence-electron chi connectivity index (χ1n) is 14.4. The summed E-state index contributed by atoms with van der Waals surface area (Å²) in [7, 11) is 0. The average molecular weight is 576 g/mol. The lowest BCUT2D eigenvalue weighted by molar-refractivity contribution is -0.189. The van der Waals surface area contributed by atoms with Crippen LogP contribution in [0.4, 0.5) is 11.4 Å². The van der Waals surface area contributed by atoms with Crippen molar-refractivity contribution in [3.63, 3.8) is 0 Å². The fraction of sp³-hybridized carbons (Fsp3) is 0.294. The lowest BCUT2D eigenvalue weighted by Crippen LogP contribution is -2.77. The normalized spacial score (nSPS) is 32.6. The summed E-state index contributed by atoms with van der Waals surface area (Å²) in [5, 5.41) is 3.04. The molecule has 0 spiro atoms. The molecule has 216 valence electrons. The average Bonchev–Trinajstić information content (AvgIpc) is 3.46. The SMILES string of the molecule is CC(=O)C1CC2(NC(=O)c3ccccc3)[C@@H]3C(=O)N(c4ccccc4)C(=O)[C@@H]3C1(C)[C@@H]1C(=O)N(c3ccccc3)C(=O)[C@@H]12. The number of fused-ring (bicyclic) bond motifs is 1. The van der Waals surface area contributed by atoms with Gasteiger partial charge in [-0.2, -0.15) is 0 Å². The molecule has 9 nitrogen and oxygen atoms in total. The number of imide groups is 2. The van der Waals surface area contributed by atoms with Gasteiger partial charge in [0.05, 0.1) is 40.6 Å². The molecule has 0 aromatic heterocycles. The Morgan fingerprint density at radius 1 is 0.651 bits per heavy atom. The molecule has 2 heterocycles. The van der Waals surface area contributed by atoms with Gasteiger partial charge in [0.1, 0.15) is 5.78 Å². The molecule has 5 aliphatic rings. The molecule has 1 N–H and O–H groups in total. The Hall–Kier alpha value is -4.92. The van der Waals surface area contributed by atoms with Gasteiger partial charge < -0.3 is 5.32 Å². The van der Waals surface area contributed by atoms with Gasteiger partial charge in [-0.3, -0.25) is 28.8 Å². The number of Topliss-reactive ketones (excluding diaryl/α,β-unsaturated/α-hetero) is 1. The molecule has 9 heteroatoms. The number of para-hydroxylation sites is 2. The zero-order chi connectivity index (χ0) is 30.3. The van der Waals surface area contributed by atoms with Crippen molar-refractivity contribution in [2.75, 3.05) is 9.80 Å². The van der Waals surface area contributed by atoms with Gasteiger partial charge >= 0.3 is 0 Å². The minimum atomic E-state index is -1.68. The smallest absolute Gasteiger partial charge is 0.251 e. The van der Waals surface area contributed by atoms with Crippen molar-refractivity contribution in [1.29, 1.82) is 0 Å². The first-order valence-corrected chi connectivity index (χ1v) is 14.4. The maximum absolute atomic E-state index is 14.5. The van der Waals surface area contributed by atoms with Gasteiger partial charge in [-0.1, -0.05) is 61.5 Å². The Bertz CT molecular complexity index is 1620. The predicted octanol–water partition coefficient (Wildman–Crippen LogP) is 3.40. The summed E-state index contributed by atoms with van der Waals surface area (Å²) in [5.74, 6) is -8.44. The molecule has 8 rings (SSSR count). The van der Waals surface area contributed by atoms with Crippen LogP contribution in [0.5, 0.6) is 0 Å². The number of ketones is 1. The molecule has 7 atom stereocenters. The maximum atomic E-state index is 14.5. The number of hydrogen-bond acceptors (Lipinski definition) is 6. The van der Waals surface area contributed by atoms with Gasteiger partial charge in [-0.25, -0.2) is 9.80 Å². The van der Waals surface area contributed by atoms with Crippen LogP contribution in [0.1, 0.15) is 30.6 Å². The van der Waals surface area contributed by atoms with Gasteiger partial charge in [0.25, 0.3) is 5.91 Å². The van der Waals surface area contributed by atoms with Crippen molar-refractivity contribution in [2.45, 2.75) is 25.8 Å². The van der Waals surface area contributed by atoms with Crippen molar-refractivity contribution in [3.05, 3.63) is 96.6 Å². The molecule has 3 aromatic carbocycles. The summed E-state index contributed by atoms with van der Waals surface area (Å²) in [6.45, 7) is 3.11. The lowest BCUT2D eigenvalue weighted by atomic mass is 9.37. The molecule has 3 saturated carbocycles. The molecule has 0 radical (unpaired) electrons. The summed E-state index contributed by atoms with van der Waals surface area (Å²) >= 11 is 0. The van der Waals surface area contributed by atoms with E-state index in [9.17, 15) is 28.8 Å². The first kappa shape index (κ1) is 26.9. The number of amides is 5. The fourth-order valence-electron chi connectivity index (χ4n) is 8.59. The number of rotatable bonds is 5. The first-order chi connectivity index (χ1) is 20.6. The topological polar surface area (TPSA) is 121 Å². The molecule has 5 fully saturated rings. The van der Waals surface area contributed by atoms with Gasteiger partial charge in [0.2, 0.25) is 23.6 Å². The molecule has 2 aliphatic heterocycles. The van der Waals surface area contributed by atoms with Crippen LogP contribution >= 0.6 is 0 Å². The lowest BCUT2D eigenvalue weighted by Gasteiger charge is -2.64. The predicted molar refractivity (Wildman–Crippen MR) is 155 cm³/mol. The number of benzene rings is 3. The van der Waals surface area contributed by atoms with Crippen LogP contribution in [0.2, 0.25) is 0 Å². The van der Waals surface area contributed by atoms with E-state index in [1.54, 1.807) is 97.9 Å². The third kappa shape index (κ3) is 3.45. The summed E-state index contributed by atoms with van der Waals surface area (Å²) in [6, 6.07) is 25.3. The Morgan fingerprint density at radius 3 is 1.47 bits per heavy atom. The van der Waals surface area contributed by atoms with Gasteiger partial charge in [-0.15, -0.1) is 0 Å². The van der Waals surface area contributed by atoms with E-state index in [1.165, 1.54) is 6.92 Å². The van der Waals surface area contributed by atoms with Gasteiger partial charge in [0, 0.05) is 16.9 Å². The number of hydrogen-bond donors (Lipinski definition) is 1. The fourth-order valence-corrected chi connectivity index (χ4v) is 8.59. The molecule has 5 amide bonds. The quantitative estimate of drug-likeness (QED) is 0.466. The highest BCUT2D eigenvalue weighted by molar-refractivity contribution is 6.27. The van der Waals surface area contributed by atoms with Gasteiger partial charge in [0.15, 0.2) is 0 Å². The van der Waals surface area contributed by atoms with Crippen LogP contribution in [0.3, 0.4) is 0 Å². The highest BCUT2D eigenvalue weighted by Crippen LogP contribution is 2.70. The zero-order valence-electron chi connectivity index (χ0n) is 23.6. The van der Waals surface area contributed by atoms with E-state index >= 15 is 0 Å². The highest BCUT2D eigenvalue weighted by atomic mass is 16.2. The third-order valence-electron chi connectivity index (χ3n) is 10.3. The number of carbonyl (C=O) groups is 6. The van der Waals surface area contributed by atoms with Crippen molar-refractivity contribution < 1.29 is 28.8 Å². The standard InChI is InChI=1S/C34H29N3O6/c1-19(38)23-18-34(35-28(39)20-12-6-3-7-13-20)26-24(29(40)36(31(26)42)21-14-8-4-9-15-21)33(23,2)25-27(34)32(43)37(30(25)41)22-16-10-5-11-17-22/h3-17,23-27H,18H2,1-2H3,(H,35,39)/t23?,24-,25+,26+,27-,33?,34?. The number of carbonyl (C=O) groups excluding carboxylic acids is 6. The van der Waals surface area contributed by atoms with Crippen LogP contribution in [0.15, 0.2) is 91.0 Å². The summed E-state index contributed by atoms with van der Waals surface area (Å²) in [4.78, 5) is 87.3. The second kappa shape index (κ2) is 9.29. The van der Waals surface area contributed by atoms with E-state index in [2.05, 4.69) is 5.32 Å². The summed E-state index contributed by atoms with van der Waals surface area (Å²) in [6.07, 6.45) is -0.0525. The van der Waals surface area contributed by atoms with Crippen LogP contribution in [-0.4, -0.2) is 40.9 Å². The van der Waals surface area contributed by atoms with E-state index in [1.807, 2.05) is 0 Å². The monoisotopic (exact) mass is 575 g/mol. The molecule has 2 saturated heterocycles. The van der Waals surface area contributed by atoms with Crippen LogP contribution < -0.4 is 15.1 Å². The minimum Gasteiger partial charge on any atom is -0.345 e. The van der Waals surface area contributed by atoms with E-state index in [0.29, 0.717) is 11.4 Å². The molecule has 43 heavy (non-hydrogen) atoms. The molecule has 3 aromatic rings. The zero-order valence-corrected chi connectivity index (χ0v) is 23.6. The molecule has 3 unspecified atom stereocenters. The second-order valence-corrected chi connectivity index (χ2v) is 12.2. The number of nitrogens with zero attached hydrogens (tertiary/aromatic N) is 2. The molecule has 3 aliphatic carbocycles. The Morgan fingerprint density at radius 2 is 1.05 bits per heavy atom. The number of anilines is 2. The number of nitrogens with one attached hydrogen (secondary N) is 1. The van der Waals surface area contributed by atoms with E-state index in [-0.39, 0.29) is 17.8 Å². The van der Waals surface area contributed by atoms with Gasteiger partial charge in [-0.05, 0) is 49.7 Å². The second-order valence-electron chi connectivity index (χ2n) is 12.2. The van der Waals surface area contributed by atoms with Crippen LogP contribution in [0, 0.1) is 35.0 Å². The minimum absolute atomic E-state index is 0.0525. The Labute approximate surface area is 247 Å². The maximum Gasteiger partial charge on any atom is 0.251 e. The van der Waals surface area contributed by atoms with Crippen LogP contribution in [-0.2, 0) is 24.0 Å². The van der Waals surface area contributed by atoms with Crippen molar-refractivity contribution in [3.8, 4) is 0 Å². The van der Waals surface area contributed by atoms with E-state index in [0.717, 1.165) is 9.80 Å². The van der Waals surface area contributed by atoms with Crippen molar-refractivity contribution >= 4 is 46.7 Å². The molecule has 2 bridgehead atoms. The molecular formula is C34H29N3O6.